The Kier molecular flexibility index (Phi) is 5.51. The highest BCUT2D eigenvalue weighted by molar-refractivity contribution is 4.34. The minimum atomic E-state index is 1.02. The second-order valence-electron chi connectivity index (χ2n) is 3.42. The second kappa shape index (κ2) is 5.56. The summed E-state index contributed by atoms with van der Waals surface area (Å²) in [7, 11) is 4.31. The molecule has 0 radical (unpaired) electrons. The molecule has 0 aliphatic rings. The number of nitrogens with zero attached hydrogens (tertiary/aromatic N) is 1. The van der Waals surface area contributed by atoms with E-state index in [1.807, 2.05) is 7.05 Å². The fourth-order valence-electron chi connectivity index (χ4n) is 1.34. The Labute approximate surface area is 71.1 Å². The van der Waals surface area contributed by atoms with Gasteiger partial charge in [0, 0.05) is 7.05 Å². The number of hydrogen-bond donors (Lipinski definition) is 1. The lowest BCUT2D eigenvalue weighted by Gasteiger charge is -2.32. The van der Waals surface area contributed by atoms with Crippen LogP contribution in [-0.2, 0) is 0 Å². The van der Waals surface area contributed by atoms with Gasteiger partial charge in [-0.1, -0.05) is 20.3 Å². The van der Waals surface area contributed by atoms with Crippen LogP contribution in [0.1, 0.15) is 33.1 Å². The fraction of sp³-hybridized carbons (Fsp3) is 1.00. The van der Waals surface area contributed by atoms with Gasteiger partial charge in [-0.05, 0) is 12.8 Å². The van der Waals surface area contributed by atoms with Crippen molar-refractivity contribution in [3.8, 4) is 0 Å². The first-order chi connectivity index (χ1) is 5.18. The largest absolute Gasteiger partial charge is 0.248 e. The van der Waals surface area contributed by atoms with Crippen molar-refractivity contribution in [2.24, 2.45) is 0 Å². The van der Waals surface area contributed by atoms with Crippen molar-refractivity contribution in [3.05, 3.63) is 0 Å². The van der Waals surface area contributed by atoms with Crippen molar-refractivity contribution in [2.45, 2.75) is 33.1 Å². The van der Waals surface area contributed by atoms with E-state index < -0.39 is 0 Å². The van der Waals surface area contributed by atoms with E-state index in [0.717, 1.165) is 4.59 Å². The lowest BCUT2D eigenvalue weighted by Crippen LogP contribution is -2.54. The first kappa shape index (κ1) is 10.9. The van der Waals surface area contributed by atoms with Gasteiger partial charge in [0.1, 0.15) is 0 Å². The molecule has 0 aliphatic heterocycles. The van der Waals surface area contributed by atoms with Crippen LogP contribution in [-0.4, -0.2) is 31.8 Å². The van der Waals surface area contributed by atoms with Gasteiger partial charge in [0.25, 0.3) is 0 Å². The van der Waals surface area contributed by atoms with Crippen molar-refractivity contribution < 1.29 is 4.59 Å². The zero-order valence-corrected chi connectivity index (χ0v) is 8.48. The van der Waals surface area contributed by atoms with Crippen LogP contribution in [0.5, 0.6) is 0 Å². The van der Waals surface area contributed by atoms with Gasteiger partial charge < -0.3 is 0 Å². The molecule has 0 saturated heterocycles. The minimum Gasteiger partial charge on any atom is -0.248 e. The molecule has 68 valence electrons. The molecule has 1 unspecified atom stereocenters. The van der Waals surface area contributed by atoms with Crippen molar-refractivity contribution in [2.75, 3.05) is 27.2 Å². The molecule has 0 heterocycles. The molecule has 1 N–H and O–H groups in total. The van der Waals surface area contributed by atoms with Crippen LogP contribution in [0.4, 0.5) is 0 Å². The molecule has 0 spiro atoms. The Morgan fingerprint density at radius 3 is 2.09 bits per heavy atom. The average Bonchev–Trinajstić information content (AvgIpc) is 2.02. The maximum atomic E-state index is 3.35. The second-order valence-corrected chi connectivity index (χ2v) is 3.42. The zero-order chi connectivity index (χ0) is 8.74. The topological polar surface area (TPSA) is 12.0 Å². The van der Waals surface area contributed by atoms with Crippen LogP contribution in [0, 0.1) is 0 Å². The van der Waals surface area contributed by atoms with E-state index >= 15 is 0 Å². The minimum absolute atomic E-state index is 1.02. The van der Waals surface area contributed by atoms with Gasteiger partial charge >= 0.3 is 0 Å². The Hall–Kier alpha value is -0.0800. The van der Waals surface area contributed by atoms with Gasteiger partial charge in [-0.25, -0.2) is 4.59 Å². The van der Waals surface area contributed by atoms with E-state index in [9.17, 15) is 0 Å². The lowest BCUT2D eigenvalue weighted by atomic mass is 10.3. The summed E-state index contributed by atoms with van der Waals surface area (Å²) in [6, 6.07) is 0. The van der Waals surface area contributed by atoms with Gasteiger partial charge in [0.15, 0.2) is 0 Å². The maximum Gasteiger partial charge on any atom is 0.0959 e. The Morgan fingerprint density at radius 1 is 1.09 bits per heavy atom. The molecule has 0 aromatic heterocycles. The SMILES string of the molecule is CCCC[N+](C)(CCC)NC. The van der Waals surface area contributed by atoms with E-state index in [-0.39, 0.29) is 0 Å². The number of quaternary nitrogens is 1. The highest BCUT2D eigenvalue weighted by Gasteiger charge is 2.16. The maximum absolute atomic E-state index is 3.35. The van der Waals surface area contributed by atoms with Crippen molar-refractivity contribution >= 4 is 0 Å². The number of unbranched alkanes of at least 4 members (excludes halogenated alkanes) is 1. The summed E-state index contributed by atoms with van der Waals surface area (Å²) >= 11 is 0. The third kappa shape index (κ3) is 4.38. The Bertz CT molecular complexity index is 93.6. The van der Waals surface area contributed by atoms with Gasteiger partial charge in [0.2, 0.25) is 0 Å². The molecule has 2 nitrogen and oxygen atoms in total. The smallest absolute Gasteiger partial charge is 0.0959 e. The van der Waals surface area contributed by atoms with Crippen LogP contribution < -0.4 is 5.43 Å². The Morgan fingerprint density at radius 2 is 1.73 bits per heavy atom. The molecule has 0 aromatic rings. The molecule has 0 aromatic carbocycles. The number of rotatable bonds is 6. The third-order valence-electron chi connectivity index (χ3n) is 2.26. The van der Waals surface area contributed by atoms with Crippen LogP contribution in [0.2, 0.25) is 0 Å². The predicted octanol–water partition coefficient (Wildman–Crippen LogP) is 1.78. The molecule has 0 fully saturated rings. The lowest BCUT2D eigenvalue weighted by molar-refractivity contribution is -0.950. The fourth-order valence-corrected chi connectivity index (χ4v) is 1.34. The van der Waals surface area contributed by atoms with E-state index in [4.69, 9.17) is 0 Å². The third-order valence-corrected chi connectivity index (χ3v) is 2.26. The quantitative estimate of drug-likeness (QED) is 0.460. The van der Waals surface area contributed by atoms with Gasteiger partial charge in [0.05, 0.1) is 20.1 Å². The molecule has 0 saturated carbocycles. The summed E-state index contributed by atoms with van der Waals surface area (Å²) in [5.74, 6) is 0. The number of hydrogen-bond acceptors (Lipinski definition) is 1. The average molecular weight is 159 g/mol. The molecule has 11 heavy (non-hydrogen) atoms. The van der Waals surface area contributed by atoms with Crippen LogP contribution in [0.3, 0.4) is 0 Å². The summed E-state index contributed by atoms with van der Waals surface area (Å²) in [5, 5.41) is 0. The van der Waals surface area contributed by atoms with Crippen molar-refractivity contribution in [3.63, 3.8) is 0 Å². The first-order valence-corrected chi connectivity index (χ1v) is 4.72. The Balaban J connectivity index is 3.68. The monoisotopic (exact) mass is 159 g/mol. The zero-order valence-electron chi connectivity index (χ0n) is 8.48. The highest BCUT2D eigenvalue weighted by Crippen LogP contribution is 2.01. The standard InChI is InChI=1S/C9H23N2/c1-5-7-9-11(4,10-3)8-6-2/h10H,5-9H2,1-4H3/q+1. The summed E-state index contributed by atoms with van der Waals surface area (Å²) < 4.78 is 1.02. The van der Waals surface area contributed by atoms with Gasteiger partial charge in [-0.3, -0.25) is 0 Å². The predicted molar refractivity (Wildman–Crippen MR) is 50.2 cm³/mol. The summed E-state index contributed by atoms with van der Waals surface area (Å²) in [4.78, 5) is 0. The summed E-state index contributed by atoms with van der Waals surface area (Å²) in [6.07, 6.45) is 3.86. The first-order valence-electron chi connectivity index (χ1n) is 4.72. The summed E-state index contributed by atoms with van der Waals surface area (Å²) in [6.45, 7) is 6.96. The highest BCUT2D eigenvalue weighted by atomic mass is 15.6. The molecule has 0 amide bonds. The van der Waals surface area contributed by atoms with Crippen LogP contribution in [0.15, 0.2) is 0 Å². The molecular weight excluding hydrogens is 136 g/mol. The summed E-state index contributed by atoms with van der Waals surface area (Å²) in [5.41, 5.74) is 3.35. The van der Waals surface area contributed by atoms with Gasteiger partial charge in [-0.15, -0.1) is 0 Å². The van der Waals surface area contributed by atoms with Crippen molar-refractivity contribution in [1.82, 2.24) is 5.43 Å². The van der Waals surface area contributed by atoms with E-state index in [1.54, 1.807) is 0 Å². The van der Waals surface area contributed by atoms with Crippen LogP contribution in [0.25, 0.3) is 0 Å². The molecule has 1 atom stereocenters. The van der Waals surface area contributed by atoms with Gasteiger partial charge in [-0.2, -0.15) is 5.43 Å². The van der Waals surface area contributed by atoms with E-state index in [1.165, 1.54) is 32.4 Å². The molecular formula is C9H23N2+. The number of nitrogens with one attached hydrogen (secondary N) is 1. The van der Waals surface area contributed by atoms with E-state index in [2.05, 4.69) is 26.3 Å². The molecule has 0 bridgehead atoms. The molecule has 0 aliphatic carbocycles. The molecule has 0 rings (SSSR count). The molecule has 2 heteroatoms. The van der Waals surface area contributed by atoms with E-state index in [0.29, 0.717) is 0 Å². The normalized spacial score (nSPS) is 16.4. The van der Waals surface area contributed by atoms with Crippen LogP contribution >= 0.6 is 0 Å². The van der Waals surface area contributed by atoms with Crippen molar-refractivity contribution in [1.29, 1.82) is 0 Å².